The summed E-state index contributed by atoms with van der Waals surface area (Å²) in [6, 6.07) is 1.05. The van der Waals surface area contributed by atoms with E-state index < -0.39 is 0 Å². The summed E-state index contributed by atoms with van der Waals surface area (Å²) in [5.74, 6) is 0.907. The SMILES string of the molecule is Cc1nn(C)cc1C(C)NC(C)C1CC1. The summed E-state index contributed by atoms with van der Waals surface area (Å²) < 4.78 is 1.89. The second-order valence-corrected chi connectivity index (χ2v) is 4.86. The van der Waals surface area contributed by atoms with Crippen LogP contribution < -0.4 is 5.32 Å². The van der Waals surface area contributed by atoms with Crippen molar-refractivity contribution in [2.45, 2.75) is 45.7 Å². The number of hydrogen-bond acceptors (Lipinski definition) is 2. The van der Waals surface area contributed by atoms with Crippen molar-refractivity contribution in [1.82, 2.24) is 15.1 Å². The van der Waals surface area contributed by atoms with Gasteiger partial charge in [0.25, 0.3) is 0 Å². The van der Waals surface area contributed by atoms with E-state index in [0.717, 1.165) is 11.6 Å². The van der Waals surface area contributed by atoms with E-state index in [1.165, 1.54) is 18.4 Å². The molecule has 0 saturated heterocycles. The van der Waals surface area contributed by atoms with Gasteiger partial charge in [0.15, 0.2) is 0 Å². The van der Waals surface area contributed by atoms with Gasteiger partial charge in [-0.2, -0.15) is 5.10 Å². The fourth-order valence-corrected chi connectivity index (χ4v) is 2.26. The van der Waals surface area contributed by atoms with Crippen LogP contribution in [0.2, 0.25) is 0 Å². The van der Waals surface area contributed by atoms with E-state index >= 15 is 0 Å². The zero-order valence-electron chi connectivity index (χ0n) is 10.1. The molecule has 2 atom stereocenters. The highest BCUT2D eigenvalue weighted by Crippen LogP contribution is 2.33. The maximum absolute atomic E-state index is 4.38. The number of aromatic nitrogens is 2. The second-order valence-electron chi connectivity index (χ2n) is 4.86. The van der Waals surface area contributed by atoms with Crippen LogP contribution in [0, 0.1) is 12.8 Å². The first kappa shape index (κ1) is 10.7. The van der Waals surface area contributed by atoms with Crippen molar-refractivity contribution in [3.63, 3.8) is 0 Å². The van der Waals surface area contributed by atoms with Crippen molar-refractivity contribution >= 4 is 0 Å². The third kappa shape index (κ3) is 2.40. The second kappa shape index (κ2) is 3.97. The van der Waals surface area contributed by atoms with E-state index in [1.807, 2.05) is 11.7 Å². The zero-order valence-corrected chi connectivity index (χ0v) is 10.1. The monoisotopic (exact) mass is 207 g/mol. The number of nitrogens with zero attached hydrogens (tertiary/aromatic N) is 2. The van der Waals surface area contributed by atoms with Gasteiger partial charge in [0.05, 0.1) is 5.69 Å². The predicted octanol–water partition coefficient (Wildman–Crippen LogP) is 2.18. The number of aryl methyl sites for hydroxylation is 2. The Morgan fingerprint density at radius 1 is 1.47 bits per heavy atom. The van der Waals surface area contributed by atoms with Gasteiger partial charge in [0.2, 0.25) is 0 Å². The Hall–Kier alpha value is -0.830. The van der Waals surface area contributed by atoms with Crippen LogP contribution in [0.3, 0.4) is 0 Å². The number of rotatable bonds is 4. The largest absolute Gasteiger partial charge is 0.307 e. The molecule has 0 aromatic carbocycles. The molecule has 3 heteroatoms. The Morgan fingerprint density at radius 3 is 2.60 bits per heavy atom. The smallest absolute Gasteiger partial charge is 0.0641 e. The van der Waals surface area contributed by atoms with Gasteiger partial charge in [0, 0.05) is 30.9 Å². The van der Waals surface area contributed by atoms with Crippen LogP contribution in [0.4, 0.5) is 0 Å². The topological polar surface area (TPSA) is 29.9 Å². The molecule has 1 fully saturated rings. The molecular weight excluding hydrogens is 186 g/mol. The zero-order chi connectivity index (χ0) is 11.0. The summed E-state index contributed by atoms with van der Waals surface area (Å²) in [7, 11) is 1.98. The van der Waals surface area contributed by atoms with Crippen LogP contribution in [0.5, 0.6) is 0 Å². The minimum absolute atomic E-state index is 0.411. The molecule has 84 valence electrons. The Labute approximate surface area is 91.9 Å². The summed E-state index contributed by atoms with van der Waals surface area (Å²) in [5.41, 5.74) is 2.46. The first-order chi connectivity index (χ1) is 7.08. The normalized spacial score (nSPS) is 20.3. The van der Waals surface area contributed by atoms with Crippen molar-refractivity contribution in [3.05, 3.63) is 17.5 Å². The summed E-state index contributed by atoms with van der Waals surface area (Å²) in [4.78, 5) is 0. The maximum Gasteiger partial charge on any atom is 0.0641 e. The lowest BCUT2D eigenvalue weighted by molar-refractivity contribution is 0.440. The molecule has 15 heavy (non-hydrogen) atoms. The highest BCUT2D eigenvalue weighted by Gasteiger charge is 2.29. The molecule has 2 rings (SSSR count). The van der Waals surface area contributed by atoms with Gasteiger partial charge in [-0.1, -0.05) is 0 Å². The van der Waals surface area contributed by atoms with Crippen LogP contribution in [0.15, 0.2) is 6.20 Å². The van der Waals surface area contributed by atoms with E-state index in [-0.39, 0.29) is 0 Å². The highest BCUT2D eigenvalue weighted by molar-refractivity contribution is 5.19. The van der Waals surface area contributed by atoms with Gasteiger partial charge < -0.3 is 5.32 Å². The summed E-state index contributed by atoms with van der Waals surface area (Å²) >= 11 is 0. The van der Waals surface area contributed by atoms with Gasteiger partial charge in [-0.15, -0.1) is 0 Å². The fraction of sp³-hybridized carbons (Fsp3) is 0.750. The van der Waals surface area contributed by atoms with Crippen molar-refractivity contribution in [3.8, 4) is 0 Å². The van der Waals surface area contributed by atoms with E-state index in [0.29, 0.717) is 12.1 Å². The van der Waals surface area contributed by atoms with Gasteiger partial charge in [-0.05, 0) is 39.5 Å². The van der Waals surface area contributed by atoms with E-state index in [2.05, 4.69) is 37.4 Å². The lowest BCUT2D eigenvalue weighted by Crippen LogP contribution is -2.30. The molecule has 1 saturated carbocycles. The summed E-state index contributed by atoms with van der Waals surface area (Å²) in [5, 5.41) is 8.04. The van der Waals surface area contributed by atoms with Crippen LogP contribution in [0.25, 0.3) is 0 Å². The van der Waals surface area contributed by atoms with E-state index in [9.17, 15) is 0 Å². The Morgan fingerprint density at radius 2 is 2.13 bits per heavy atom. The molecule has 0 bridgehead atoms. The molecular formula is C12H21N3. The molecule has 2 unspecified atom stereocenters. The van der Waals surface area contributed by atoms with Crippen LogP contribution in [-0.2, 0) is 7.05 Å². The molecule has 1 aliphatic rings. The van der Waals surface area contributed by atoms with Crippen molar-refractivity contribution in [2.24, 2.45) is 13.0 Å². The first-order valence-corrected chi connectivity index (χ1v) is 5.84. The van der Waals surface area contributed by atoms with Crippen molar-refractivity contribution < 1.29 is 0 Å². The van der Waals surface area contributed by atoms with Gasteiger partial charge in [-0.3, -0.25) is 4.68 Å². The molecule has 0 amide bonds. The minimum atomic E-state index is 0.411. The van der Waals surface area contributed by atoms with E-state index in [4.69, 9.17) is 0 Å². The van der Waals surface area contributed by atoms with Crippen LogP contribution in [0.1, 0.15) is 44.0 Å². The van der Waals surface area contributed by atoms with Crippen LogP contribution in [-0.4, -0.2) is 15.8 Å². The molecule has 1 aromatic rings. The van der Waals surface area contributed by atoms with Gasteiger partial charge in [0.1, 0.15) is 0 Å². The standard InChI is InChI=1S/C12H21N3/c1-8(11-5-6-11)13-9(2)12-7-15(4)14-10(12)3/h7-9,11,13H,5-6H2,1-4H3. The fourth-order valence-electron chi connectivity index (χ4n) is 2.26. The van der Waals surface area contributed by atoms with Gasteiger partial charge in [-0.25, -0.2) is 0 Å². The number of nitrogens with one attached hydrogen (secondary N) is 1. The molecule has 0 spiro atoms. The Kier molecular flexibility index (Phi) is 2.83. The predicted molar refractivity (Wildman–Crippen MR) is 61.7 cm³/mol. The lowest BCUT2D eigenvalue weighted by atomic mass is 10.1. The average molecular weight is 207 g/mol. The molecule has 0 aliphatic heterocycles. The lowest BCUT2D eigenvalue weighted by Gasteiger charge is -2.19. The molecule has 1 N–H and O–H groups in total. The van der Waals surface area contributed by atoms with E-state index in [1.54, 1.807) is 0 Å². The highest BCUT2D eigenvalue weighted by atomic mass is 15.3. The maximum atomic E-state index is 4.38. The number of hydrogen-bond donors (Lipinski definition) is 1. The van der Waals surface area contributed by atoms with Crippen molar-refractivity contribution in [1.29, 1.82) is 0 Å². The average Bonchev–Trinajstić information content (AvgIpc) is 2.92. The molecule has 1 aromatic heterocycles. The van der Waals surface area contributed by atoms with Crippen molar-refractivity contribution in [2.75, 3.05) is 0 Å². The van der Waals surface area contributed by atoms with Crippen LogP contribution >= 0.6 is 0 Å². The molecule has 0 radical (unpaired) electrons. The summed E-state index contributed by atoms with van der Waals surface area (Å²) in [6.45, 7) is 6.60. The summed E-state index contributed by atoms with van der Waals surface area (Å²) in [6.07, 6.45) is 4.91. The molecule has 1 aliphatic carbocycles. The Balaban J connectivity index is 2.00. The first-order valence-electron chi connectivity index (χ1n) is 5.84. The third-order valence-electron chi connectivity index (χ3n) is 3.36. The molecule has 1 heterocycles. The molecule has 3 nitrogen and oxygen atoms in total. The minimum Gasteiger partial charge on any atom is -0.307 e. The third-order valence-corrected chi connectivity index (χ3v) is 3.36. The van der Waals surface area contributed by atoms with Gasteiger partial charge >= 0.3 is 0 Å². The Bertz CT molecular complexity index is 339. The quantitative estimate of drug-likeness (QED) is 0.820.